The Morgan fingerprint density at radius 1 is 1.10 bits per heavy atom. The van der Waals surface area contributed by atoms with Gasteiger partial charge in [-0.1, -0.05) is 18.2 Å². The molecule has 0 radical (unpaired) electrons. The minimum atomic E-state index is -0.739. The molecule has 2 aromatic rings. The van der Waals surface area contributed by atoms with Gasteiger partial charge in [0, 0.05) is 36.2 Å². The second kappa shape index (κ2) is 7.95. The average Bonchev–Trinajstić information content (AvgIpc) is 3.31. The van der Waals surface area contributed by atoms with Gasteiger partial charge in [-0.25, -0.2) is 9.18 Å². The van der Waals surface area contributed by atoms with E-state index in [1.807, 2.05) is 0 Å². The molecule has 150 valence electrons. The van der Waals surface area contributed by atoms with Gasteiger partial charge >= 0.3 is 5.97 Å². The first-order chi connectivity index (χ1) is 14.0. The second-order valence-electron chi connectivity index (χ2n) is 6.99. The van der Waals surface area contributed by atoms with Crippen molar-refractivity contribution < 1.29 is 28.2 Å². The number of carbonyl (C=O) groups is 2. The van der Waals surface area contributed by atoms with Crippen molar-refractivity contribution in [1.82, 2.24) is 0 Å². The zero-order chi connectivity index (χ0) is 20.3. The number of nitrogens with one attached hydrogen (secondary N) is 1. The number of benzene rings is 2. The van der Waals surface area contributed by atoms with Gasteiger partial charge in [-0.2, -0.15) is 0 Å². The van der Waals surface area contributed by atoms with Gasteiger partial charge in [0.25, 0.3) is 11.7 Å². The quantitative estimate of drug-likeness (QED) is 0.608. The monoisotopic (exact) mass is 397 g/mol. The smallest absolute Gasteiger partial charge is 0.331 e. The number of hydrogen-bond donors (Lipinski definition) is 1. The molecule has 0 saturated heterocycles. The van der Waals surface area contributed by atoms with Gasteiger partial charge < -0.3 is 19.5 Å². The van der Waals surface area contributed by atoms with Crippen molar-refractivity contribution in [2.45, 2.75) is 31.5 Å². The Morgan fingerprint density at radius 2 is 1.86 bits per heavy atom. The SMILES string of the molecule is O=C(COC(=O)/C=C/c1ccccc1F)Nc1ccc2c(c1)OC1(CCCC1)O2. The predicted octanol–water partition coefficient (Wildman–Crippen LogP) is 4.06. The van der Waals surface area contributed by atoms with Crippen LogP contribution in [0.5, 0.6) is 11.5 Å². The zero-order valence-electron chi connectivity index (χ0n) is 15.7. The van der Waals surface area contributed by atoms with Crippen molar-refractivity contribution in [2.75, 3.05) is 11.9 Å². The predicted molar refractivity (Wildman–Crippen MR) is 104 cm³/mol. The summed E-state index contributed by atoms with van der Waals surface area (Å²) in [7, 11) is 0. The lowest BCUT2D eigenvalue weighted by molar-refractivity contribution is -0.142. The number of ether oxygens (including phenoxy) is 3. The van der Waals surface area contributed by atoms with Crippen molar-refractivity contribution in [2.24, 2.45) is 0 Å². The molecule has 7 heteroatoms. The number of halogens is 1. The largest absolute Gasteiger partial charge is 0.452 e. The van der Waals surface area contributed by atoms with Crippen molar-refractivity contribution in [3.8, 4) is 11.5 Å². The highest BCUT2D eigenvalue weighted by Gasteiger charge is 2.44. The molecule has 2 aromatic carbocycles. The fourth-order valence-electron chi connectivity index (χ4n) is 3.44. The lowest BCUT2D eigenvalue weighted by atomic mass is 10.2. The third kappa shape index (κ3) is 4.39. The first-order valence-corrected chi connectivity index (χ1v) is 9.44. The van der Waals surface area contributed by atoms with E-state index < -0.39 is 30.1 Å². The Balaban J connectivity index is 1.28. The molecule has 29 heavy (non-hydrogen) atoms. The van der Waals surface area contributed by atoms with Crippen LogP contribution in [0.2, 0.25) is 0 Å². The van der Waals surface area contributed by atoms with Crippen LogP contribution in [0.1, 0.15) is 31.2 Å². The summed E-state index contributed by atoms with van der Waals surface area (Å²) in [4.78, 5) is 23.8. The Bertz CT molecular complexity index is 965. The molecular weight excluding hydrogens is 377 g/mol. The van der Waals surface area contributed by atoms with Gasteiger partial charge in [0.05, 0.1) is 0 Å². The number of carbonyl (C=O) groups excluding carboxylic acids is 2. The number of anilines is 1. The first-order valence-electron chi connectivity index (χ1n) is 9.44. The Hall–Kier alpha value is -3.35. The average molecular weight is 397 g/mol. The molecule has 1 heterocycles. The Morgan fingerprint density at radius 3 is 2.66 bits per heavy atom. The van der Waals surface area contributed by atoms with E-state index in [4.69, 9.17) is 14.2 Å². The normalized spacial score (nSPS) is 16.3. The molecule has 0 atom stereocenters. The topological polar surface area (TPSA) is 73.9 Å². The maximum absolute atomic E-state index is 13.5. The molecule has 2 aliphatic rings. The fraction of sp³-hybridized carbons (Fsp3) is 0.273. The highest BCUT2D eigenvalue weighted by Crippen LogP contribution is 2.47. The summed E-state index contributed by atoms with van der Waals surface area (Å²) in [6.45, 7) is -0.459. The fourth-order valence-corrected chi connectivity index (χ4v) is 3.44. The van der Waals surface area contributed by atoms with E-state index >= 15 is 0 Å². The van der Waals surface area contributed by atoms with Crippen LogP contribution in [-0.2, 0) is 14.3 Å². The molecule has 1 aliphatic carbocycles. The van der Waals surface area contributed by atoms with E-state index in [-0.39, 0.29) is 5.56 Å². The van der Waals surface area contributed by atoms with Crippen LogP contribution in [-0.4, -0.2) is 24.3 Å². The van der Waals surface area contributed by atoms with E-state index in [9.17, 15) is 14.0 Å². The van der Waals surface area contributed by atoms with Crippen LogP contribution >= 0.6 is 0 Å². The number of esters is 1. The summed E-state index contributed by atoms with van der Waals surface area (Å²) >= 11 is 0. The van der Waals surface area contributed by atoms with Crippen LogP contribution in [0.25, 0.3) is 6.08 Å². The lowest BCUT2D eigenvalue weighted by Gasteiger charge is -2.21. The highest BCUT2D eigenvalue weighted by molar-refractivity contribution is 5.94. The molecule has 4 rings (SSSR count). The van der Waals surface area contributed by atoms with Crippen molar-refractivity contribution in [1.29, 1.82) is 0 Å². The van der Waals surface area contributed by atoms with E-state index in [2.05, 4.69) is 5.32 Å². The number of fused-ring (bicyclic) bond motifs is 1. The molecule has 6 nitrogen and oxygen atoms in total. The van der Waals surface area contributed by atoms with E-state index in [0.717, 1.165) is 31.8 Å². The van der Waals surface area contributed by atoms with Gasteiger partial charge in [0.2, 0.25) is 0 Å². The van der Waals surface area contributed by atoms with Crippen molar-refractivity contribution in [3.63, 3.8) is 0 Å². The summed E-state index contributed by atoms with van der Waals surface area (Å²) in [5.74, 6) is -0.990. The van der Waals surface area contributed by atoms with Gasteiger partial charge in [0.15, 0.2) is 18.1 Å². The Kier molecular flexibility index (Phi) is 5.20. The summed E-state index contributed by atoms with van der Waals surface area (Å²) in [5.41, 5.74) is 0.777. The zero-order valence-corrected chi connectivity index (χ0v) is 15.7. The van der Waals surface area contributed by atoms with E-state index in [1.54, 1.807) is 30.3 Å². The van der Waals surface area contributed by atoms with Crippen molar-refractivity contribution >= 4 is 23.6 Å². The minimum absolute atomic E-state index is 0.259. The first kappa shape index (κ1) is 19.0. The molecule has 0 aromatic heterocycles. The molecule has 1 saturated carbocycles. The van der Waals surface area contributed by atoms with Gasteiger partial charge in [-0.15, -0.1) is 0 Å². The van der Waals surface area contributed by atoms with E-state index in [1.165, 1.54) is 18.2 Å². The maximum atomic E-state index is 13.5. The third-order valence-corrected chi connectivity index (χ3v) is 4.83. The van der Waals surface area contributed by atoms with Crippen LogP contribution in [0.3, 0.4) is 0 Å². The van der Waals surface area contributed by atoms with Gasteiger partial charge in [0.1, 0.15) is 5.82 Å². The highest BCUT2D eigenvalue weighted by atomic mass is 19.1. The summed E-state index contributed by atoms with van der Waals surface area (Å²) < 4.78 is 30.3. The maximum Gasteiger partial charge on any atom is 0.331 e. The molecule has 1 N–H and O–H groups in total. The molecule has 1 spiro atoms. The standard InChI is InChI=1S/C22H20FNO5/c23-17-6-2-1-5-15(17)7-10-21(26)27-14-20(25)24-16-8-9-18-19(13-16)29-22(28-18)11-3-4-12-22/h1-2,5-10,13H,3-4,11-12,14H2,(H,24,25)/b10-7+. The summed E-state index contributed by atoms with van der Waals surface area (Å²) in [5, 5.41) is 2.65. The lowest BCUT2D eigenvalue weighted by Crippen LogP contribution is -2.34. The third-order valence-electron chi connectivity index (χ3n) is 4.83. The van der Waals surface area contributed by atoms with Crippen LogP contribution < -0.4 is 14.8 Å². The van der Waals surface area contributed by atoms with Gasteiger partial charge in [-0.3, -0.25) is 4.79 Å². The summed E-state index contributed by atoms with van der Waals surface area (Å²) in [6, 6.07) is 11.2. The molecule has 0 bridgehead atoms. The van der Waals surface area contributed by atoms with Gasteiger partial charge in [-0.05, 0) is 37.1 Å². The number of rotatable bonds is 5. The van der Waals surface area contributed by atoms with Crippen molar-refractivity contribution in [3.05, 3.63) is 59.9 Å². The van der Waals surface area contributed by atoms with Crippen LogP contribution in [0.4, 0.5) is 10.1 Å². The second-order valence-corrected chi connectivity index (χ2v) is 6.99. The molecule has 1 aliphatic heterocycles. The number of amides is 1. The Labute approximate surface area is 167 Å². The number of hydrogen-bond acceptors (Lipinski definition) is 5. The summed E-state index contributed by atoms with van der Waals surface area (Å²) in [6.07, 6.45) is 6.20. The van der Waals surface area contributed by atoms with E-state index in [0.29, 0.717) is 17.2 Å². The minimum Gasteiger partial charge on any atom is -0.452 e. The van der Waals surface area contributed by atoms with Crippen LogP contribution in [0, 0.1) is 5.82 Å². The molecule has 0 unspecified atom stereocenters. The molecule has 1 fully saturated rings. The molecular formula is C22H20FNO5. The van der Waals surface area contributed by atoms with Crippen LogP contribution in [0.15, 0.2) is 48.5 Å². The molecule has 1 amide bonds.